The summed E-state index contributed by atoms with van der Waals surface area (Å²) < 4.78 is 10.8. The number of ether oxygens (including phenoxy) is 2. The van der Waals surface area contributed by atoms with E-state index in [0.29, 0.717) is 18.8 Å². The van der Waals surface area contributed by atoms with Crippen molar-refractivity contribution in [2.75, 3.05) is 20.3 Å². The summed E-state index contributed by atoms with van der Waals surface area (Å²) in [6.07, 6.45) is 4.04. The van der Waals surface area contributed by atoms with Gasteiger partial charge in [-0.25, -0.2) is 0 Å². The molecule has 2 fully saturated rings. The monoisotopic (exact) mass is 258 g/mol. The van der Waals surface area contributed by atoms with Crippen LogP contribution in [0.4, 0.5) is 0 Å². The SMILES string of the molecule is COCC(C)NC(=S)NC1CCOC1C1CC1. The standard InChI is InChI=1S/C12H22N2O2S/c1-8(7-15-2)13-12(17)14-10-5-6-16-11(10)9-3-4-9/h8-11H,3-7H2,1-2H3,(H2,13,14,17). The van der Waals surface area contributed by atoms with Crippen molar-refractivity contribution in [1.29, 1.82) is 0 Å². The van der Waals surface area contributed by atoms with Gasteiger partial charge < -0.3 is 20.1 Å². The van der Waals surface area contributed by atoms with Gasteiger partial charge >= 0.3 is 0 Å². The molecule has 3 atom stereocenters. The van der Waals surface area contributed by atoms with E-state index in [4.69, 9.17) is 21.7 Å². The van der Waals surface area contributed by atoms with Crippen LogP contribution in [0.1, 0.15) is 26.2 Å². The van der Waals surface area contributed by atoms with E-state index in [2.05, 4.69) is 17.6 Å². The van der Waals surface area contributed by atoms with Crippen LogP contribution in [0.2, 0.25) is 0 Å². The molecule has 0 radical (unpaired) electrons. The summed E-state index contributed by atoms with van der Waals surface area (Å²) in [6, 6.07) is 0.624. The maximum absolute atomic E-state index is 5.77. The van der Waals surface area contributed by atoms with E-state index in [1.54, 1.807) is 7.11 Å². The maximum atomic E-state index is 5.77. The van der Waals surface area contributed by atoms with Crippen molar-refractivity contribution in [1.82, 2.24) is 10.6 Å². The number of thiocarbonyl (C=S) groups is 1. The number of rotatable bonds is 5. The minimum Gasteiger partial charge on any atom is -0.383 e. The van der Waals surface area contributed by atoms with Gasteiger partial charge in [-0.3, -0.25) is 0 Å². The average molecular weight is 258 g/mol. The Labute approximate surface area is 108 Å². The molecule has 2 aliphatic rings. The van der Waals surface area contributed by atoms with Crippen molar-refractivity contribution < 1.29 is 9.47 Å². The molecular weight excluding hydrogens is 236 g/mol. The lowest BCUT2D eigenvalue weighted by molar-refractivity contribution is 0.0842. The molecule has 0 amide bonds. The van der Waals surface area contributed by atoms with Gasteiger partial charge in [0.25, 0.3) is 0 Å². The summed E-state index contributed by atoms with van der Waals surface area (Å²) in [5.74, 6) is 0.759. The van der Waals surface area contributed by atoms with Gasteiger partial charge in [-0.15, -0.1) is 0 Å². The minimum atomic E-state index is 0.238. The molecule has 17 heavy (non-hydrogen) atoms. The molecule has 1 aliphatic carbocycles. The van der Waals surface area contributed by atoms with Gasteiger partial charge in [0, 0.05) is 19.8 Å². The Balaban J connectivity index is 1.73. The summed E-state index contributed by atoms with van der Waals surface area (Å²) >= 11 is 5.31. The molecule has 1 saturated carbocycles. The zero-order valence-electron chi connectivity index (χ0n) is 10.6. The van der Waals surface area contributed by atoms with Crippen molar-refractivity contribution in [3.05, 3.63) is 0 Å². The Kier molecular flexibility index (Phi) is 4.59. The Hall–Kier alpha value is -0.390. The molecule has 0 bridgehead atoms. The lowest BCUT2D eigenvalue weighted by Crippen LogP contribution is -2.49. The quantitative estimate of drug-likeness (QED) is 0.722. The van der Waals surface area contributed by atoms with Crippen molar-refractivity contribution in [2.24, 2.45) is 5.92 Å². The van der Waals surface area contributed by atoms with Crippen molar-refractivity contribution >= 4 is 17.3 Å². The highest BCUT2D eigenvalue weighted by atomic mass is 32.1. The maximum Gasteiger partial charge on any atom is 0.166 e. The molecule has 0 spiro atoms. The third-order valence-corrected chi connectivity index (χ3v) is 3.57. The number of hydrogen-bond acceptors (Lipinski definition) is 3. The molecule has 0 aromatic heterocycles. The van der Waals surface area contributed by atoms with Crippen LogP contribution in [0.15, 0.2) is 0 Å². The van der Waals surface area contributed by atoms with Crippen LogP contribution in [-0.2, 0) is 9.47 Å². The van der Waals surface area contributed by atoms with Crippen molar-refractivity contribution in [3.8, 4) is 0 Å². The fourth-order valence-corrected chi connectivity index (χ4v) is 2.73. The second-order valence-electron chi connectivity index (χ2n) is 5.04. The summed E-state index contributed by atoms with van der Waals surface area (Å²) in [5, 5.41) is 7.32. The van der Waals surface area contributed by atoms with E-state index in [-0.39, 0.29) is 6.04 Å². The van der Waals surface area contributed by atoms with Gasteiger partial charge in [0.05, 0.1) is 18.8 Å². The smallest absolute Gasteiger partial charge is 0.166 e. The van der Waals surface area contributed by atoms with Gasteiger partial charge in [0.1, 0.15) is 0 Å². The van der Waals surface area contributed by atoms with Crippen LogP contribution in [0.25, 0.3) is 0 Å². The van der Waals surface area contributed by atoms with Crippen LogP contribution in [-0.4, -0.2) is 43.6 Å². The molecule has 0 aromatic carbocycles. The van der Waals surface area contributed by atoms with E-state index in [1.807, 2.05) is 0 Å². The Morgan fingerprint density at radius 2 is 2.24 bits per heavy atom. The zero-order valence-corrected chi connectivity index (χ0v) is 11.4. The molecule has 1 heterocycles. The lowest BCUT2D eigenvalue weighted by Gasteiger charge is -2.23. The third kappa shape index (κ3) is 3.79. The first-order chi connectivity index (χ1) is 8.20. The largest absolute Gasteiger partial charge is 0.383 e. The third-order valence-electron chi connectivity index (χ3n) is 3.33. The normalized spacial score (nSPS) is 30.0. The van der Waals surface area contributed by atoms with E-state index >= 15 is 0 Å². The molecule has 0 aromatic rings. The minimum absolute atomic E-state index is 0.238. The molecule has 98 valence electrons. The summed E-state index contributed by atoms with van der Waals surface area (Å²) in [7, 11) is 1.70. The van der Waals surface area contributed by atoms with Crippen molar-refractivity contribution in [2.45, 2.75) is 44.4 Å². The molecule has 3 unspecified atom stereocenters. The second kappa shape index (κ2) is 5.98. The van der Waals surface area contributed by atoms with Crippen LogP contribution in [0.3, 0.4) is 0 Å². The molecule has 4 nitrogen and oxygen atoms in total. The number of nitrogens with one attached hydrogen (secondary N) is 2. The second-order valence-corrected chi connectivity index (χ2v) is 5.45. The van der Waals surface area contributed by atoms with E-state index in [9.17, 15) is 0 Å². The molecule has 5 heteroatoms. The van der Waals surface area contributed by atoms with Crippen LogP contribution in [0, 0.1) is 5.92 Å². The van der Waals surface area contributed by atoms with Crippen molar-refractivity contribution in [3.63, 3.8) is 0 Å². The first kappa shape index (κ1) is 13.1. The summed E-state index contributed by atoms with van der Waals surface area (Å²) in [6.45, 7) is 3.57. The Morgan fingerprint density at radius 1 is 1.47 bits per heavy atom. The zero-order chi connectivity index (χ0) is 12.3. The average Bonchev–Trinajstić information content (AvgIpc) is 3.00. The predicted molar refractivity (Wildman–Crippen MR) is 71.1 cm³/mol. The summed E-state index contributed by atoms with van der Waals surface area (Å²) in [5.41, 5.74) is 0. The highest BCUT2D eigenvalue weighted by Gasteiger charge is 2.40. The fraction of sp³-hybridized carbons (Fsp3) is 0.917. The van der Waals surface area contributed by atoms with Gasteiger partial charge in [0.15, 0.2) is 5.11 Å². The first-order valence-corrected chi connectivity index (χ1v) is 6.79. The molecule has 2 rings (SSSR count). The number of hydrogen-bond donors (Lipinski definition) is 2. The number of methoxy groups -OCH3 is 1. The van der Waals surface area contributed by atoms with Gasteiger partial charge in [-0.05, 0) is 44.3 Å². The highest BCUT2D eigenvalue weighted by molar-refractivity contribution is 7.80. The first-order valence-electron chi connectivity index (χ1n) is 6.38. The van der Waals surface area contributed by atoms with Gasteiger partial charge in [-0.2, -0.15) is 0 Å². The predicted octanol–water partition coefficient (Wildman–Crippen LogP) is 1.05. The fourth-order valence-electron chi connectivity index (χ4n) is 2.38. The van der Waals surface area contributed by atoms with Crippen LogP contribution >= 0.6 is 12.2 Å². The highest BCUT2D eigenvalue weighted by Crippen LogP contribution is 2.38. The molecule has 1 aliphatic heterocycles. The molecule has 1 saturated heterocycles. The lowest BCUT2D eigenvalue weighted by atomic mass is 10.1. The van der Waals surface area contributed by atoms with Gasteiger partial charge in [-0.1, -0.05) is 0 Å². The van der Waals surface area contributed by atoms with E-state index in [0.717, 1.165) is 24.1 Å². The summed E-state index contributed by atoms with van der Waals surface area (Å²) in [4.78, 5) is 0. The van der Waals surface area contributed by atoms with E-state index in [1.165, 1.54) is 12.8 Å². The van der Waals surface area contributed by atoms with E-state index < -0.39 is 0 Å². The van der Waals surface area contributed by atoms with Crippen LogP contribution < -0.4 is 10.6 Å². The topological polar surface area (TPSA) is 42.5 Å². The van der Waals surface area contributed by atoms with Crippen LogP contribution in [0.5, 0.6) is 0 Å². The van der Waals surface area contributed by atoms with Gasteiger partial charge in [0.2, 0.25) is 0 Å². The Morgan fingerprint density at radius 3 is 2.88 bits per heavy atom. The molecular formula is C12H22N2O2S. The molecule has 2 N–H and O–H groups in total. The Bertz CT molecular complexity index is 271.